The lowest BCUT2D eigenvalue weighted by molar-refractivity contribution is 0.660. The van der Waals surface area contributed by atoms with Crippen molar-refractivity contribution < 1.29 is 0 Å². The first-order chi connectivity index (χ1) is 29.0. The summed E-state index contributed by atoms with van der Waals surface area (Å²) in [7, 11) is 0. The minimum absolute atomic E-state index is 0.0772. The summed E-state index contributed by atoms with van der Waals surface area (Å²) in [6.45, 7) is 4.72. The number of nitrogens with zero attached hydrogens (tertiary/aromatic N) is 1. The zero-order chi connectivity index (χ0) is 39.6. The molecule has 0 unspecified atom stereocenters. The van der Waals surface area contributed by atoms with Crippen molar-refractivity contribution in [2.45, 2.75) is 24.7 Å². The molecule has 0 radical (unpaired) electrons. The Morgan fingerprint density at radius 3 is 1.51 bits per heavy atom. The molecule has 1 nitrogen and oxygen atoms in total. The molecule has 0 amide bonds. The monoisotopic (exact) mass is 753 g/mol. The van der Waals surface area contributed by atoms with Crippen LogP contribution in [0.2, 0.25) is 0 Å². The van der Waals surface area contributed by atoms with Gasteiger partial charge in [0.25, 0.3) is 0 Å². The van der Waals surface area contributed by atoms with E-state index in [0.29, 0.717) is 0 Å². The molecule has 11 rings (SSSR count). The van der Waals surface area contributed by atoms with E-state index in [0.717, 1.165) is 17.1 Å². The van der Waals surface area contributed by atoms with Crippen molar-refractivity contribution in [2.75, 3.05) is 4.90 Å². The van der Waals surface area contributed by atoms with Crippen LogP contribution in [0.3, 0.4) is 0 Å². The predicted molar refractivity (Wildman–Crippen MR) is 247 cm³/mol. The summed E-state index contributed by atoms with van der Waals surface area (Å²) < 4.78 is 0. The first-order valence-corrected chi connectivity index (χ1v) is 20.7. The average molecular weight is 754 g/mol. The fourth-order valence-electron chi connectivity index (χ4n) is 10.2. The third kappa shape index (κ3) is 5.39. The molecule has 0 N–H and O–H groups in total. The van der Waals surface area contributed by atoms with Gasteiger partial charge in [0.05, 0.1) is 11.1 Å². The van der Waals surface area contributed by atoms with E-state index >= 15 is 0 Å². The Labute approximate surface area is 347 Å². The molecule has 0 atom stereocenters. The molecule has 0 fully saturated rings. The van der Waals surface area contributed by atoms with Gasteiger partial charge >= 0.3 is 0 Å². The molecule has 9 aromatic carbocycles. The lowest BCUT2D eigenvalue weighted by atomic mass is 9.67. The van der Waals surface area contributed by atoms with Gasteiger partial charge in [-0.15, -0.1) is 0 Å². The molecule has 2 aliphatic rings. The van der Waals surface area contributed by atoms with E-state index < -0.39 is 5.41 Å². The average Bonchev–Trinajstić information content (AvgIpc) is 3.73. The molecule has 2 aliphatic carbocycles. The molecule has 0 aliphatic heterocycles. The Bertz CT molecular complexity index is 2970. The summed E-state index contributed by atoms with van der Waals surface area (Å²) in [5.41, 5.74) is 20.6. The van der Waals surface area contributed by atoms with Gasteiger partial charge in [-0.3, -0.25) is 0 Å². The molecular weight excluding hydrogens is 711 g/mol. The van der Waals surface area contributed by atoms with Gasteiger partial charge in [0.15, 0.2) is 0 Å². The highest BCUT2D eigenvalue weighted by atomic mass is 15.1. The summed E-state index contributed by atoms with van der Waals surface area (Å²) in [4.78, 5) is 2.48. The highest BCUT2D eigenvalue weighted by Gasteiger charge is 2.46. The fraction of sp³-hybridized carbons (Fsp3) is 0.0690. The predicted octanol–water partition coefficient (Wildman–Crippen LogP) is 15.2. The van der Waals surface area contributed by atoms with Crippen LogP contribution in [-0.2, 0) is 10.8 Å². The first-order valence-electron chi connectivity index (χ1n) is 20.7. The summed E-state index contributed by atoms with van der Waals surface area (Å²) in [6.07, 6.45) is 0. The Balaban J connectivity index is 1.14. The maximum absolute atomic E-state index is 2.48. The summed E-state index contributed by atoms with van der Waals surface area (Å²) in [6, 6.07) is 83.0. The maximum Gasteiger partial charge on any atom is 0.0714 e. The quantitative estimate of drug-likeness (QED) is 0.157. The number of anilines is 3. The second kappa shape index (κ2) is 13.7. The molecule has 280 valence electrons. The lowest BCUT2D eigenvalue weighted by Gasteiger charge is -2.35. The Kier molecular flexibility index (Phi) is 8.13. The van der Waals surface area contributed by atoms with Crippen molar-refractivity contribution in [1.82, 2.24) is 0 Å². The molecule has 59 heavy (non-hydrogen) atoms. The van der Waals surface area contributed by atoms with Crippen molar-refractivity contribution in [3.8, 4) is 44.5 Å². The summed E-state index contributed by atoms with van der Waals surface area (Å²) in [5, 5.41) is 0. The molecule has 0 bridgehead atoms. The minimum atomic E-state index is -0.508. The Morgan fingerprint density at radius 1 is 0.305 bits per heavy atom. The zero-order valence-corrected chi connectivity index (χ0v) is 33.3. The highest BCUT2D eigenvalue weighted by molar-refractivity contribution is 5.93. The van der Waals surface area contributed by atoms with Gasteiger partial charge in [0.2, 0.25) is 0 Å². The number of para-hydroxylation sites is 1. The van der Waals surface area contributed by atoms with Crippen LogP contribution in [-0.4, -0.2) is 0 Å². The number of benzene rings is 9. The molecule has 9 aromatic rings. The standard InChI is InChI=1S/C58H43N/c1-57(2)52-30-15-12-28-48(52)50-35-33-42(38-54(50)57)41-21-18-26-45(37-41)59(56-32-17-14-27-47(56)40-19-6-3-7-20-40)46-34-36-51-49-29-13-16-31-53(49)58(55(51)39-46,43-22-8-4-9-23-43)44-24-10-5-11-25-44/h3-39H,1-2H3. The molecule has 1 heteroatoms. The Morgan fingerprint density at radius 2 is 0.797 bits per heavy atom. The van der Waals surface area contributed by atoms with Gasteiger partial charge in [0.1, 0.15) is 0 Å². The van der Waals surface area contributed by atoms with Crippen LogP contribution in [0, 0.1) is 0 Å². The van der Waals surface area contributed by atoms with Crippen molar-refractivity contribution in [1.29, 1.82) is 0 Å². The van der Waals surface area contributed by atoms with Crippen molar-refractivity contribution in [2.24, 2.45) is 0 Å². The van der Waals surface area contributed by atoms with Gasteiger partial charge in [-0.05, 0) is 109 Å². The fourth-order valence-corrected chi connectivity index (χ4v) is 10.2. The van der Waals surface area contributed by atoms with Crippen LogP contribution in [0.25, 0.3) is 44.5 Å². The van der Waals surface area contributed by atoms with E-state index in [1.165, 1.54) is 77.9 Å². The second-order valence-electron chi connectivity index (χ2n) is 16.5. The van der Waals surface area contributed by atoms with Crippen molar-refractivity contribution in [3.63, 3.8) is 0 Å². The number of hydrogen-bond acceptors (Lipinski definition) is 1. The van der Waals surface area contributed by atoms with Crippen LogP contribution in [0.1, 0.15) is 47.2 Å². The second-order valence-corrected chi connectivity index (χ2v) is 16.5. The van der Waals surface area contributed by atoms with Gasteiger partial charge < -0.3 is 4.90 Å². The van der Waals surface area contributed by atoms with E-state index in [1.54, 1.807) is 0 Å². The largest absolute Gasteiger partial charge is 0.310 e. The maximum atomic E-state index is 2.48. The number of fused-ring (bicyclic) bond motifs is 6. The van der Waals surface area contributed by atoms with Gasteiger partial charge in [0, 0.05) is 22.4 Å². The van der Waals surface area contributed by atoms with Crippen LogP contribution in [0.15, 0.2) is 224 Å². The molecule has 0 saturated carbocycles. The van der Waals surface area contributed by atoms with Crippen LogP contribution in [0.5, 0.6) is 0 Å². The SMILES string of the molecule is CC1(C)c2ccccc2-c2ccc(-c3cccc(N(c4ccc5c(c4)C(c4ccccc4)(c4ccccc4)c4ccccc4-5)c4ccccc4-c4ccccc4)c3)cc21. The first kappa shape index (κ1) is 35.0. The van der Waals surface area contributed by atoms with E-state index in [9.17, 15) is 0 Å². The third-order valence-electron chi connectivity index (χ3n) is 13.0. The van der Waals surface area contributed by atoms with E-state index in [-0.39, 0.29) is 5.41 Å². The van der Waals surface area contributed by atoms with Crippen LogP contribution in [0.4, 0.5) is 17.1 Å². The minimum Gasteiger partial charge on any atom is -0.310 e. The smallest absolute Gasteiger partial charge is 0.0714 e. The summed E-state index contributed by atoms with van der Waals surface area (Å²) >= 11 is 0. The molecular formula is C58H43N. The normalized spacial score (nSPS) is 13.9. The van der Waals surface area contributed by atoms with Gasteiger partial charge in [-0.2, -0.15) is 0 Å². The van der Waals surface area contributed by atoms with Crippen LogP contribution < -0.4 is 4.90 Å². The molecule has 0 heterocycles. The van der Waals surface area contributed by atoms with Gasteiger partial charge in [-0.25, -0.2) is 0 Å². The van der Waals surface area contributed by atoms with Crippen molar-refractivity contribution >= 4 is 17.1 Å². The third-order valence-corrected chi connectivity index (χ3v) is 13.0. The molecule has 0 aromatic heterocycles. The lowest BCUT2D eigenvalue weighted by Crippen LogP contribution is -2.28. The van der Waals surface area contributed by atoms with E-state index in [2.05, 4.69) is 243 Å². The molecule has 0 spiro atoms. The van der Waals surface area contributed by atoms with E-state index in [4.69, 9.17) is 0 Å². The molecule has 0 saturated heterocycles. The van der Waals surface area contributed by atoms with Crippen molar-refractivity contribution in [3.05, 3.63) is 258 Å². The topological polar surface area (TPSA) is 3.24 Å². The van der Waals surface area contributed by atoms with E-state index in [1.807, 2.05) is 0 Å². The number of rotatable bonds is 7. The van der Waals surface area contributed by atoms with Gasteiger partial charge in [-0.1, -0.05) is 202 Å². The Hall–Kier alpha value is -7.22. The number of hydrogen-bond donors (Lipinski definition) is 0. The summed E-state index contributed by atoms with van der Waals surface area (Å²) in [5.74, 6) is 0. The zero-order valence-electron chi connectivity index (χ0n) is 33.3. The highest BCUT2D eigenvalue weighted by Crippen LogP contribution is 2.57. The van der Waals surface area contributed by atoms with Crippen LogP contribution >= 0.6 is 0 Å².